The van der Waals surface area contributed by atoms with Gasteiger partial charge < -0.3 is 24.1 Å². The van der Waals surface area contributed by atoms with Crippen LogP contribution in [0.1, 0.15) is 78.5 Å². The Morgan fingerprint density at radius 3 is 2.22 bits per heavy atom. The van der Waals surface area contributed by atoms with E-state index in [9.17, 15) is 14.3 Å². The van der Waals surface area contributed by atoms with Crippen LogP contribution < -0.4 is 5.46 Å². The average molecular weight is 497 g/mol. The lowest BCUT2D eigenvalue weighted by Crippen LogP contribution is -2.51. The zero-order valence-corrected chi connectivity index (χ0v) is 22.3. The molecule has 6 nitrogen and oxygen atoms in total. The Morgan fingerprint density at radius 1 is 1.08 bits per heavy atom. The number of cyclic esters (lactones) is 1. The first-order valence-corrected chi connectivity index (χ1v) is 12.6. The maximum Gasteiger partial charge on any atom is 0.494 e. The SMILES string of the molecule is C[C@@H](c1ccc(B2OC(C)(C)C(C)(C)O2)cc1)N1CC[C@](CC(C)(C)O)(c2cccc(F)c2)OC1=O. The van der Waals surface area contributed by atoms with Crippen LogP contribution in [0.3, 0.4) is 0 Å². The number of benzene rings is 2. The third kappa shape index (κ3) is 5.17. The van der Waals surface area contributed by atoms with Gasteiger partial charge in [0.25, 0.3) is 0 Å². The van der Waals surface area contributed by atoms with Crippen LogP contribution in [-0.4, -0.2) is 46.6 Å². The molecular formula is C28H37BFNO5. The zero-order valence-electron chi connectivity index (χ0n) is 22.3. The van der Waals surface area contributed by atoms with Gasteiger partial charge in [0.2, 0.25) is 0 Å². The second-order valence-corrected chi connectivity index (χ2v) is 11.7. The van der Waals surface area contributed by atoms with E-state index in [1.54, 1.807) is 30.9 Å². The highest BCUT2D eigenvalue weighted by molar-refractivity contribution is 6.62. The number of hydrogen-bond acceptors (Lipinski definition) is 5. The quantitative estimate of drug-likeness (QED) is 0.564. The van der Waals surface area contributed by atoms with Crippen LogP contribution in [0.4, 0.5) is 9.18 Å². The summed E-state index contributed by atoms with van der Waals surface area (Å²) in [6.07, 6.45) is 0.111. The molecule has 8 heteroatoms. The number of amides is 1. The molecule has 2 aromatic carbocycles. The fraction of sp³-hybridized carbons (Fsp3) is 0.536. The molecule has 2 aromatic rings. The number of carbonyl (C=O) groups excluding carboxylic acids is 1. The highest BCUT2D eigenvalue weighted by Crippen LogP contribution is 2.42. The van der Waals surface area contributed by atoms with E-state index in [0.29, 0.717) is 18.5 Å². The van der Waals surface area contributed by atoms with E-state index in [2.05, 4.69) is 0 Å². The first-order chi connectivity index (χ1) is 16.6. The molecule has 0 aliphatic carbocycles. The van der Waals surface area contributed by atoms with Crippen LogP contribution in [0.2, 0.25) is 0 Å². The topological polar surface area (TPSA) is 68.2 Å². The molecule has 2 atom stereocenters. The van der Waals surface area contributed by atoms with E-state index in [-0.39, 0.29) is 12.5 Å². The molecule has 194 valence electrons. The highest BCUT2D eigenvalue weighted by atomic mass is 19.1. The Balaban J connectivity index is 1.51. The standard InChI is InChI=1S/C28H37BFNO5/c1-19(20-11-13-22(14-12-20)29-35-26(4,5)27(6,7)36-29)31-16-15-28(34-24(31)32,18-25(2,3)33)21-9-8-10-23(30)17-21/h8-14,17,19,33H,15-16,18H2,1-7H3/t19-,28-/m0/s1. The van der Waals surface area contributed by atoms with Crippen LogP contribution in [-0.2, 0) is 19.6 Å². The fourth-order valence-corrected chi connectivity index (χ4v) is 5.01. The molecule has 2 saturated heterocycles. The van der Waals surface area contributed by atoms with Crippen molar-refractivity contribution in [2.45, 2.75) is 89.8 Å². The van der Waals surface area contributed by atoms with Crippen molar-refractivity contribution in [3.63, 3.8) is 0 Å². The van der Waals surface area contributed by atoms with Crippen LogP contribution in [0.25, 0.3) is 0 Å². The number of rotatable bonds is 6. The molecule has 2 aliphatic heterocycles. The number of aliphatic hydroxyl groups is 1. The summed E-state index contributed by atoms with van der Waals surface area (Å²) < 4.78 is 32.4. The molecular weight excluding hydrogens is 460 g/mol. The number of carbonyl (C=O) groups is 1. The Morgan fingerprint density at radius 2 is 1.69 bits per heavy atom. The zero-order chi connectivity index (χ0) is 26.5. The van der Waals surface area contributed by atoms with Crippen LogP contribution >= 0.6 is 0 Å². The monoisotopic (exact) mass is 497 g/mol. The molecule has 0 aromatic heterocycles. The lowest BCUT2D eigenvalue weighted by molar-refractivity contribution is -0.101. The first kappa shape index (κ1) is 26.6. The van der Waals surface area contributed by atoms with Gasteiger partial charge in [-0.25, -0.2) is 9.18 Å². The lowest BCUT2D eigenvalue weighted by Gasteiger charge is -2.45. The predicted octanol–water partition coefficient (Wildman–Crippen LogP) is 5.08. The third-order valence-electron chi connectivity index (χ3n) is 7.75. The second kappa shape index (κ2) is 9.16. The van der Waals surface area contributed by atoms with E-state index >= 15 is 0 Å². The summed E-state index contributed by atoms with van der Waals surface area (Å²) in [5, 5.41) is 10.6. The summed E-state index contributed by atoms with van der Waals surface area (Å²) in [5.74, 6) is -0.406. The third-order valence-corrected chi connectivity index (χ3v) is 7.75. The molecule has 0 unspecified atom stereocenters. The fourth-order valence-electron chi connectivity index (χ4n) is 5.01. The minimum atomic E-state index is -1.11. The maximum atomic E-state index is 14.0. The number of nitrogens with zero attached hydrogens (tertiary/aromatic N) is 1. The van der Waals surface area contributed by atoms with Gasteiger partial charge in [-0.2, -0.15) is 0 Å². The Hall–Kier alpha value is -2.42. The van der Waals surface area contributed by atoms with E-state index < -0.39 is 41.4 Å². The summed E-state index contributed by atoms with van der Waals surface area (Å²) in [4.78, 5) is 14.9. The molecule has 36 heavy (non-hydrogen) atoms. The van der Waals surface area contributed by atoms with Crippen LogP contribution in [0, 0.1) is 5.82 Å². The molecule has 2 fully saturated rings. The van der Waals surface area contributed by atoms with Gasteiger partial charge in [-0.15, -0.1) is 0 Å². The molecule has 0 radical (unpaired) electrons. The van der Waals surface area contributed by atoms with Crippen molar-refractivity contribution in [3.8, 4) is 0 Å². The van der Waals surface area contributed by atoms with Gasteiger partial charge in [-0.05, 0) is 77.2 Å². The first-order valence-electron chi connectivity index (χ1n) is 12.6. The van der Waals surface area contributed by atoms with Crippen molar-refractivity contribution in [2.24, 2.45) is 0 Å². The summed E-state index contributed by atoms with van der Waals surface area (Å²) in [6.45, 7) is 13.8. The van der Waals surface area contributed by atoms with Crippen LogP contribution in [0.15, 0.2) is 48.5 Å². The Labute approximate surface area is 213 Å². The molecule has 2 aliphatic rings. The van der Waals surface area contributed by atoms with Crippen molar-refractivity contribution in [1.29, 1.82) is 0 Å². The van der Waals surface area contributed by atoms with E-state index in [1.165, 1.54) is 12.1 Å². The van der Waals surface area contributed by atoms with E-state index in [1.807, 2.05) is 58.9 Å². The summed E-state index contributed by atoms with van der Waals surface area (Å²) in [7, 11) is -0.451. The largest absolute Gasteiger partial charge is 0.494 e. The summed E-state index contributed by atoms with van der Waals surface area (Å²) in [6, 6.07) is 13.7. The molecule has 2 heterocycles. The van der Waals surface area contributed by atoms with Crippen LogP contribution in [0.5, 0.6) is 0 Å². The smallest absolute Gasteiger partial charge is 0.438 e. The predicted molar refractivity (Wildman–Crippen MR) is 137 cm³/mol. The molecule has 0 bridgehead atoms. The maximum absolute atomic E-state index is 14.0. The normalized spacial score (nSPS) is 24.5. The Kier molecular flexibility index (Phi) is 6.78. The molecule has 1 amide bonds. The second-order valence-electron chi connectivity index (χ2n) is 11.7. The van der Waals surface area contributed by atoms with Crippen molar-refractivity contribution in [1.82, 2.24) is 4.90 Å². The van der Waals surface area contributed by atoms with Crippen molar-refractivity contribution < 1.29 is 28.3 Å². The summed E-state index contributed by atoms with van der Waals surface area (Å²) >= 11 is 0. The van der Waals surface area contributed by atoms with Gasteiger partial charge >= 0.3 is 13.2 Å². The molecule has 1 N–H and O–H groups in total. The number of ether oxygens (including phenoxy) is 1. The van der Waals surface area contributed by atoms with Gasteiger partial charge in [0.1, 0.15) is 11.4 Å². The number of halogens is 1. The minimum Gasteiger partial charge on any atom is -0.438 e. The van der Waals surface area contributed by atoms with Crippen molar-refractivity contribution in [2.75, 3.05) is 6.54 Å². The van der Waals surface area contributed by atoms with Gasteiger partial charge in [-0.1, -0.05) is 36.4 Å². The lowest BCUT2D eigenvalue weighted by atomic mass is 9.78. The van der Waals surface area contributed by atoms with Gasteiger partial charge in [0, 0.05) is 19.4 Å². The van der Waals surface area contributed by atoms with E-state index in [4.69, 9.17) is 14.0 Å². The van der Waals surface area contributed by atoms with Crippen molar-refractivity contribution in [3.05, 3.63) is 65.5 Å². The average Bonchev–Trinajstić information content (AvgIpc) is 2.99. The minimum absolute atomic E-state index is 0.167. The Bertz CT molecular complexity index is 1100. The molecule has 0 saturated carbocycles. The van der Waals surface area contributed by atoms with Gasteiger partial charge in [0.15, 0.2) is 0 Å². The number of hydrogen-bond donors (Lipinski definition) is 1. The van der Waals surface area contributed by atoms with Gasteiger partial charge in [-0.3, -0.25) is 0 Å². The molecule has 0 spiro atoms. The highest BCUT2D eigenvalue weighted by Gasteiger charge is 2.52. The molecule has 4 rings (SSSR count). The van der Waals surface area contributed by atoms with Gasteiger partial charge in [0.05, 0.1) is 22.8 Å². The summed E-state index contributed by atoms with van der Waals surface area (Å²) in [5.41, 5.74) is -0.624. The van der Waals surface area contributed by atoms with Crippen molar-refractivity contribution >= 4 is 18.7 Å². The van der Waals surface area contributed by atoms with E-state index in [0.717, 1.165) is 11.0 Å².